The van der Waals surface area contributed by atoms with E-state index in [9.17, 15) is 13.2 Å². The molecule has 1 aromatic rings. The van der Waals surface area contributed by atoms with Crippen LogP contribution >= 0.6 is 0 Å². The van der Waals surface area contributed by atoms with E-state index in [1.165, 1.54) is 62.8 Å². The summed E-state index contributed by atoms with van der Waals surface area (Å²) in [6.45, 7) is 0. The Morgan fingerprint density at radius 1 is 0.966 bits per heavy atom. The molecule has 1 aromatic carbocycles. The molecule has 0 spiro atoms. The molecule has 0 saturated heterocycles. The first-order chi connectivity index (χ1) is 14.1. The molecular formula is C25H30F3N. The highest BCUT2D eigenvalue weighted by Gasteiger charge is 2.31. The van der Waals surface area contributed by atoms with E-state index in [1.807, 2.05) is 6.08 Å². The Bertz CT molecular complexity index is 761. The first-order valence-corrected chi connectivity index (χ1v) is 10.9. The van der Waals surface area contributed by atoms with Crippen LogP contribution < -0.4 is 0 Å². The SMILES string of the molecule is N#C/C(F)=C/C=C/CCC1CCC([C@H]2CC[C@H](c3ccc(F)c(F)c3)CC2)CC1. The molecule has 4 heteroatoms. The van der Waals surface area contributed by atoms with Gasteiger partial charge in [0.2, 0.25) is 0 Å². The van der Waals surface area contributed by atoms with Crippen molar-refractivity contribution in [1.82, 2.24) is 0 Å². The van der Waals surface area contributed by atoms with Crippen LogP contribution in [0.25, 0.3) is 0 Å². The van der Waals surface area contributed by atoms with Crippen LogP contribution in [0.5, 0.6) is 0 Å². The average molecular weight is 402 g/mol. The average Bonchev–Trinajstić information content (AvgIpc) is 2.76. The van der Waals surface area contributed by atoms with Crippen LogP contribution in [0.15, 0.2) is 42.3 Å². The summed E-state index contributed by atoms with van der Waals surface area (Å²) in [4.78, 5) is 0. The molecule has 29 heavy (non-hydrogen) atoms. The molecule has 0 unspecified atom stereocenters. The van der Waals surface area contributed by atoms with Crippen LogP contribution in [0.3, 0.4) is 0 Å². The topological polar surface area (TPSA) is 23.8 Å². The number of nitrogens with zero attached hydrogens (tertiary/aromatic N) is 1. The zero-order valence-corrected chi connectivity index (χ0v) is 16.9. The molecule has 2 aliphatic rings. The minimum Gasteiger partial charge on any atom is -0.204 e. The van der Waals surface area contributed by atoms with Gasteiger partial charge in [0.05, 0.1) is 0 Å². The largest absolute Gasteiger partial charge is 0.204 e. The Morgan fingerprint density at radius 3 is 2.24 bits per heavy atom. The van der Waals surface area contributed by atoms with Gasteiger partial charge >= 0.3 is 0 Å². The van der Waals surface area contributed by atoms with Gasteiger partial charge in [-0.2, -0.15) is 9.65 Å². The molecule has 0 N–H and O–H groups in total. The van der Waals surface area contributed by atoms with Crippen LogP contribution in [0.1, 0.15) is 75.7 Å². The lowest BCUT2D eigenvalue weighted by atomic mass is 9.68. The molecule has 0 aromatic heterocycles. The fraction of sp³-hybridized carbons (Fsp3) is 0.560. The zero-order valence-electron chi connectivity index (χ0n) is 16.9. The van der Waals surface area contributed by atoms with E-state index in [0.29, 0.717) is 5.92 Å². The third-order valence-corrected chi connectivity index (χ3v) is 6.97. The second-order valence-electron chi connectivity index (χ2n) is 8.70. The molecule has 0 radical (unpaired) electrons. The maximum absolute atomic E-state index is 13.5. The number of hydrogen-bond acceptors (Lipinski definition) is 1. The van der Waals surface area contributed by atoms with E-state index in [2.05, 4.69) is 0 Å². The molecule has 2 aliphatic carbocycles. The minimum absolute atomic E-state index is 0.365. The van der Waals surface area contributed by atoms with Crippen molar-refractivity contribution in [2.75, 3.05) is 0 Å². The predicted molar refractivity (Wildman–Crippen MR) is 110 cm³/mol. The number of hydrogen-bond donors (Lipinski definition) is 0. The van der Waals surface area contributed by atoms with E-state index in [1.54, 1.807) is 12.1 Å². The molecule has 0 amide bonds. The van der Waals surface area contributed by atoms with E-state index >= 15 is 0 Å². The third-order valence-electron chi connectivity index (χ3n) is 6.97. The Hall–Kier alpha value is -2.02. The van der Waals surface area contributed by atoms with Crippen molar-refractivity contribution in [2.45, 2.75) is 70.1 Å². The van der Waals surface area contributed by atoms with Crippen molar-refractivity contribution in [3.05, 3.63) is 59.5 Å². The first kappa shape index (κ1) is 21.7. The predicted octanol–water partition coefficient (Wildman–Crippen LogP) is 7.76. The molecule has 156 valence electrons. The molecule has 2 saturated carbocycles. The van der Waals surface area contributed by atoms with Crippen LogP contribution in [-0.2, 0) is 0 Å². The number of benzene rings is 1. The van der Waals surface area contributed by atoms with Crippen molar-refractivity contribution < 1.29 is 13.2 Å². The van der Waals surface area contributed by atoms with Gasteiger partial charge in [-0.25, -0.2) is 8.78 Å². The van der Waals surface area contributed by atoms with Gasteiger partial charge in [0.1, 0.15) is 6.07 Å². The molecule has 0 heterocycles. The van der Waals surface area contributed by atoms with Gasteiger partial charge in [0, 0.05) is 0 Å². The maximum Gasteiger partial charge on any atom is 0.199 e. The van der Waals surface area contributed by atoms with Crippen molar-refractivity contribution in [2.24, 2.45) is 17.8 Å². The second kappa shape index (κ2) is 10.7. The van der Waals surface area contributed by atoms with Gasteiger partial charge in [-0.1, -0.05) is 31.1 Å². The van der Waals surface area contributed by atoms with Gasteiger partial charge in [0.25, 0.3) is 0 Å². The molecular weight excluding hydrogens is 371 g/mol. The Balaban J connectivity index is 1.37. The lowest BCUT2D eigenvalue weighted by Crippen LogP contribution is -2.25. The highest BCUT2D eigenvalue weighted by Crippen LogP contribution is 2.44. The fourth-order valence-corrected chi connectivity index (χ4v) is 5.26. The summed E-state index contributed by atoms with van der Waals surface area (Å²) in [6, 6.07) is 5.85. The summed E-state index contributed by atoms with van der Waals surface area (Å²) in [7, 11) is 0. The van der Waals surface area contributed by atoms with Crippen LogP contribution in [0.2, 0.25) is 0 Å². The van der Waals surface area contributed by atoms with Crippen molar-refractivity contribution in [3.8, 4) is 6.07 Å². The molecule has 0 aliphatic heterocycles. The molecule has 0 atom stereocenters. The summed E-state index contributed by atoms with van der Waals surface area (Å²) in [6.07, 6.45) is 16.5. The monoisotopic (exact) mass is 401 g/mol. The van der Waals surface area contributed by atoms with E-state index in [4.69, 9.17) is 5.26 Å². The number of allylic oxidation sites excluding steroid dienone is 4. The van der Waals surface area contributed by atoms with Crippen LogP contribution in [-0.4, -0.2) is 0 Å². The standard InChI is InChI=1S/C25H30F3N/c26-23(17-29)5-3-1-2-4-18-6-8-19(9-7-18)20-10-12-21(13-11-20)22-14-15-24(27)25(28)16-22/h1,3,5,14-16,18-21H,2,4,6-13H2/b3-1+,23-5-/t18?,19?,20-,21-. The number of rotatable bonds is 6. The Morgan fingerprint density at radius 2 is 1.62 bits per heavy atom. The molecule has 1 nitrogen and oxygen atoms in total. The summed E-state index contributed by atoms with van der Waals surface area (Å²) < 4.78 is 39.4. The van der Waals surface area contributed by atoms with Crippen LogP contribution in [0, 0.1) is 40.7 Å². The van der Waals surface area contributed by atoms with Gasteiger partial charge in [-0.3, -0.25) is 0 Å². The Labute approximate surface area is 172 Å². The lowest BCUT2D eigenvalue weighted by Gasteiger charge is -2.38. The van der Waals surface area contributed by atoms with E-state index in [0.717, 1.165) is 49.0 Å². The second-order valence-corrected chi connectivity index (χ2v) is 8.70. The van der Waals surface area contributed by atoms with Crippen molar-refractivity contribution in [3.63, 3.8) is 0 Å². The summed E-state index contributed by atoms with van der Waals surface area (Å²) >= 11 is 0. The van der Waals surface area contributed by atoms with Gasteiger partial charge in [-0.05, 0) is 98.8 Å². The van der Waals surface area contributed by atoms with Crippen molar-refractivity contribution in [1.29, 1.82) is 5.26 Å². The molecule has 0 bridgehead atoms. The minimum atomic E-state index is -0.763. The summed E-state index contributed by atoms with van der Waals surface area (Å²) in [5.74, 6) is 0.450. The lowest BCUT2D eigenvalue weighted by molar-refractivity contribution is 0.157. The van der Waals surface area contributed by atoms with Gasteiger partial charge in [0.15, 0.2) is 17.5 Å². The van der Waals surface area contributed by atoms with Crippen molar-refractivity contribution >= 4 is 0 Å². The Kier molecular flexibility index (Phi) is 7.98. The molecule has 2 fully saturated rings. The number of nitriles is 1. The quantitative estimate of drug-likeness (QED) is 0.353. The normalized spacial score (nSPS) is 28.4. The highest BCUT2D eigenvalue weighted by atomic mass is 19.2. The summed E-state index contributed by atoms with van der Waals surface area (Å²) in [5, 5.41) is 8.36. The summed E-state index contributed by atoms with van der Waals surface area (Å²) in [5.41, 5.74) is 0.948. The van der Waals surface area contributed by atoms with Crippen LogP contribution in [0.4, 0.5) is 13.2 Å². The smallest absolute Gasteiger partial charge is 0.199 e. The van der Waals surface area contributed by atoms with Gasteiger partial charge in [-0.15, -0.1) is 0 Å². The highest BCUT2D eigenvalue weighted by molar-refractivity contribution is 5.22. The fourth-order valence-electron chi connectivity index (χ4n) is 5.26. The first-order valence-electron chi connectivity index (χ1n) is 10.9. The number of halogens is 3. The van der Waals surface area contributed by atoms with E-state index < -0.39 is 17.5 Å². The zero-order chi connectivity index (χ0) is 20.6. The maximum atomic E-state index is 13.5. The van der Waals surface area contributed by atoms with E-state index in [-0.39, 0.29) is 0 Å². The third kappa shape index (κ3) is 6.23. The molecule has 3 rings (SSSR count). The van der Waals surface area contributed by atoms with Gasteiger partial charge < -0.3 is 0 Å².